The van der Waals surface area contributed by atoms with Gasteiger partial charge in [0.2, 0.25) is 0 Å². The molecule has 16 heavy (non-hydrogen) atoms. The van der Waals surface area contributed by atoms with Gasteiger partial charge in [-0.05, 0) is 6.07 Å². The highest BCUT2D eigenvalue weighted by atomic mass is 32.1. The van der Waals surface area contributed by atoms with Gasteiger partial charge in [0.1, 0.15) is 0 Å². The van der Waals surface area contributed by atoms with Crippen molar-refractivity contribution in [2.24, 2.45) is 0 Å². The minimum Gasteiger partial charge on any atom is -0.469 e. The molecule has 88 valence electrons. The molecular formula is C9H12N2O4S. The molecule has 0 amide bonds. The Morgan fingerprint density at radius 3 is 2.94 bits per heavy atom. The van der Waals surface area contributed by atoms with Crippen molar-refractivity contribution in [1.82, 2.24) is 5.32 Å². The zero-order valence-electron chi connectivity index (χ0n) is 8.76. The molecule has 0 saturated heterocycles. The van der Waals surface area contributed by atoms with Crippen molar-refractivity contribution in [2.45, 2.75) is 13.0 Å². The van der Waals surface area contributed by atoms with E-state index in [4.69, 9.17) is 0 Å². The molecule has 1 aromatic heterocycles. The number of thiophene rings is 1. The van der Waals surface area contributed by atoms with E-state index in [2.05, 4.69) is 10.1 Å². The van der Waals surface area contributed by atoms with E-state index < -0.39 is 4.92 Å². The molecule has 1 aromatic rings. The molecule has 0 radical (unpaired) electrons. The lowest BCUT2D eigenvalue weighted by Crippen LogP contribution is -2.17. The van der Waals surface area contributed by atoms with E-state index in [1.807, 2.05) is 0 Å². The van der Waals surface area contributed by atoms with Crippen LogP contribution in [0.5, 0.6) is 0 Å². The SMILES string of the molecule is COC(=O)CCNCc1ccc([N+](=O)[O-])s1. The van der Waals surface area contributed by atoms with Gasteiger partial charge in [0.05, 0.1) is 18.5 Å². The van der Waals surface area contributed by atoms with Gasteiger partial charge in [-0.1, -0.05) is 11.3 Å². The number of esters is 1. The monoisotopic (exact) mass is 244 g/mol. The van der Waals surface area contributed by atoms with Crippen LogP contribution in [-0.4, -0.2) is 24.5 Å². The van der Waals surface area contributed by atoms with Crippen molar-refractivity contribution < 1.29 is 14.5 Å². The Kier molecular flexibility index (Phi) is 4.87. The van der Waals surface area contributed by atoms with Gasteiger partial charge >= 0.3 is 11.0 Å². The number of carbonyl (C=O) groups is 1. The molecule has 0 aromatic carbocycles. The molecule has 0 atom stereocenters. The maximum absolute atomic E-state index is 10.8. The van der Waals surface area contributed by atoms with Crippen LogP contribution in [0.25, 0.3) is 0 Å². The summed E-state index contributed by atoms with van der Waals surface area (Å²) in [5.41, 5.74) is 0. The summed E-state index contributed by atoms with van der Waals surface area (Å²) >= 11 is 1.13. The first-order valence-electron chi connectivity index (χ1n) is 4.64. The first-order chi connectivity index (χ1) is 7.63. The second-order valence-corrected chi connectivity index (χ2v) is 4.15. The lowest BCUT2D eigenvalue weighted by molar-refractivity contribution is -0.380. The Labute approximate surface area is 96.4 Å². The van der Waals surface area contributed by atoms with Crippen LogP contribution in [0.3, 0.4) is 0 Å². The molecule has 1 N–H and O–H groups in total. The summed E-state index contributed by atoms with van der Waals surface area (Å²) in [6.45, 7) is 1.02. The standard InChI is InChI=1S/C9H12N2O4S/c1-15-9(12)4-5-10-6-7-2-3-8(16-7)11(13)14/h2-3,10H,4-6H2,1H3. The molecule has 0 aliphatic carbocycles. The quantitative estimate of drug-likeness (QED) is 0.353. The van der Waals surface area contributed by atoms with Gasteiger partial charge < -0.3 is 10.1 Å². The van der Waals surface area contributed by atoms with E-state index in [1.165, 1.54) is 13.2 Å². The molecule has 0 aliphatic rings. The summed E-state index contributed by atoms with van der Waals surface area (Å²) in [7, 11) is 1.34. The highest BCUT2D eigenvalue weighted by Gasteiger charge is 2.09. The molecule has 7 heteroatoms. The number of nitro groups is 1. The van der Waals surface area contributed by atoms with Crippen LogP contribution >= 0.6 is 11.3 Å². The topological polar surface area (TPSA) is 81.5 Å². The van der Waals surface area contributed by atoms with Crippen molar-refractivity contribution >= 4 is 22.3 Å². The first-order valence-corrected chi connectivity index (χ1v) is 5.45. The molecule has 0 fully saturated rings. The minimum atomic E-state index is -0.414. The largest absolute Gasteiger partial charge is 0.469 e. The van der Waals surface area contributed by atoms with Crippen LogP contribution in [0.2, 0.25) is 0 Å². The summed E-state index contributed by atoms with van der Waals surface area (Å²) in [6.07, 6.45) is 0.296. The van der Waals surface area contributed by atoms with Gasteiger partial charge in [0, 0.05) is 24.0 Å². The molecule has 0 saturated carbocycles. The maximum atomic E-state index is 10.8. The second-order valence-electron chi connectivity index (χ2n) is 3.00. The summed E-state index contributed by atoms with van der Waals surface area (Å²) in [5.74, 6) is -0.273. The summed E-state index contributed by atoms with van der Waals surface area (Å²) < 4.78 is 4.47. The average molecular weight is 244 g/mol. The lowest BCUT2D eigenvalue weighted by atomic mass is 10.4. The third-order valence-corrected chi connectivity index (χ3v) is 2.90. The third-order valence-electron chi connectivity index (χ3n) is 1.86. The lowest BCUT2D eigenvalue weighted by Gasteiger charge is -2.01. The highest BCUT2D eigenvalue weighted by molar-refractivity contribution is 7.15. The number of hydrogen-bond donors (Lipinski definition) is 1. The van der Waals surface area contributed by atoms with Crippen molar-refractivity contribution in [3.8, 4) is 0 Å². The normalized spacial score (nSPS) is 10.1. The van der Waals surface area contributed by atoms with Crippen LogP contribution in [-0.2, 0) is 16.1 Å². The van der Waals surface area contributed by atoms with E-state index >= 15 is 0 Å². The molecule has 1 rings (SSSR count). The number of hydrogen-bond acceptors (Lipinski definition) is 6. The Balaban J connectivity index is 2.27. The van der Waals surface area contributed by atoms with E-state index in [0.717, 1.165) is 16.2 Å². The molecule has 0 bridgehead atoms. The van der Waals surface area contributed by atoms with E-state index in [0.29, 0.717) is 19.5 Å². The summed E-state index contributed by atoms with van der Waals surface area (Å²) in [5, 5.41) is 13.5. The molecule has 0 spiro atoms. The predicted molar refractivity (Wildman–Crippen MR) is 59.3 cm³/mol. The Morgan fingerprint density at radius 1 is 1.62 bits per heavy atom. The highest BCUT2D eigenvalue weighted by Crippen LogP contribution is 2.23. The third kappa shape index (κ3) is 3.95. The van der Waals surface area contributed by atoms with Crippen LogP contribution < -0.4 is 5.32 Å². The van der Waals surface area contributed by atoms with Gasteiger partial charge in [0.15, 0.2) is 0 Å². The van der Waals surface area contributed by atoms with Gasteiger partial charge in [-0.25, -0.2) is 0 Å². The smallest absolute Gasteiger partial charge is 0.324 e. The fourth-order valence-electron chi connectivity index (χ4n) is 1.06. The summed E-state index contributed by atoms with van der Waals surface area (Å²) in [4.78, 5) is 21.6. The van der Waals surface area contributed by atoms with Crippen LogP contribution in [0.1, 0.15) is 11.3 Å². The van der Waals surface area contributed by atoms with Crippen LogP contribution in [0.4, 0.5) is 5.00 Å². The fourth-order valence-corrected chi connectivity index (χ4v) is 1.85. The summed E-state index contributed by atoms with van der Waals surface area (Å²) in [6, 6.07) is 3.18. The van der Waals surface area contributed by atoms with Crippen molar-refractivity contribution in [3.05, 3.63) is 27.1 Å². The number of nitrogens with zero attached hydrogens (tertiary/aromatic N) is 1. The average Bonchev–Trinajstić information content (AvgIpc) is 2.72. The van der Waals surface area contributed by atoms with E-state index in [1.54, 1.807) is 6.07 Å². The van der Waals surface area contributed by atoms with Crippen molar-refractivity contribution in [2.75, 3.05) is 13.7 Å². The molecular weight excluding hydrogens is 232 g/mol. The number of ether oxygens (including phenoxy) is 1. The maximum Gasteiger partial charge on any atom is 0.324 e. The molecule has 0 unspecified atom stereocenters. The van der Waals surface area contributed by atoms with Gasteiger partial charge in [-0.2, -0.15) is 0 Å². The number of rotatable bonds is 6. The van der Waals surface area contributed by atoms with Crippen molar-refractivity contribution in [1.29, 1.82) is 0 Å². The molecule has 1 heterocycles. The Morgan fingerprint density at radius 2 is 2.38 bits per heavy atom. The predicted octanol–water partition coefficient (Wildman–Crippen LogP) is 1.31. The Hall–Kier alpha value is -1.47. The van der Waals surface area contributed by atoms with Gasteiger partial charge in [-0.3, -0.25) is 14.9 Å². The van der Waals surface area contributed by atoms with Crippen LogP contribution in [0, 0.1) is 10.1 Å². The van der Waals surface area contributed by atoms with Crippen molar-refractivity contribution in [3.63, 3.8) is 0 Å². The first kappa shape index (κ1) is 12.6. The van der Waals surface area contributed by atoms with E-state index in [9.17, 15) is 14.9 Å². The van der Waals surface area contributed by atoms with Crippen LogP contribution in [0.15, 0.2) is 12.1 Å². The number of nitrogens with one attached hydrogen (secondary N) is 1. The Bertz CT molecular complexity index is 377. The number of methoxy groups -OCH3 is 1. The molecule has 6 nitrogen and oxygen atoms in total. The van der Waals surface area contributed by atoms with Gasteiger partial charge in [0.25, 0.3) is 0 Å². The zero-order chi connectivity index (χ0) is 12.0. The molecule has 0 aliphatic heterocycles. The fraction of sp³-hybridized carbons (Fsp3) is 0.444. The zero-order valence-corrected chi connectivity index (χ0v) is 9.58. The number of carbonyl (C=O) groups excluding carboxylic acids is 1. The van der Waals surface area contributed by atoms with E-state index in [-0.39, 0.29) is 11.0 Å². The minimum absolute atomic E-state index is 0.129. The second kappa shape index (κ2) is 6.19. The van der Waals surface area contributed by atoms with Gasteiger partial charge in [-0.15, -0.1) is 0 Å².